The predicted molar refractivity (Wildman–Crippen MR) is 111 cm³/mol. The molecular formula is C18H30IN3O3. The highest BCUT2D eigenvalue weighted by Gasteiger charge is 2.24. The van der Waals surface area contributed by atoms with E-state index in [1.807, 2.05) is 19.1 Å². The molecule has 0 amide bonds. The van der Waals surface area contributed by atoms with Crippen molar-refractivity contribution in [3.05, 3.63) is 23.8 Å². The van der Waals surface area contributed by atoms with Crippen molar-refractivity contribution in [2.24, 2.45) is 10.9 Å². The molecule has 1 aliphatic heterocycles. The number of hydrogen-bond donors (Lipinski definition) is 2. The van der Waals surface area contributed by atoms with E-state index in [9.17, 15) is 5.11 Å². The molecule has 6 nitrogen and oxygen atoms in total. The standard InChI is InChI=1S/C18H29N3O3.HI/c1-4-19-18(21-10-9-14(12-21)13-24-5-2)20-11-15-7-6-8-16(23-3)17(15)22;/h6-8,14,22H,4-5,9-13H2,1-3H3,(H,19,20);1H. The van der Waals surface area contributed by atoms with E-state index in [0.29, 0.717) is 18.2 Å². The first-order chi connectivity index (χ1) is 11.7. The van der Waals surface area contributed by atoms with Crippen LogP contribution in [-0.4, -0.2) is 55.9 Å². The van der Waals surface area contributed by atoms with Crippen molar-refractivity contribution in [1.82, 2.24) is 10.2 Å². The zero-order chi connectivity index (χ0) is 17.4. The van der Waals surface area contributed by atoms with E-state index >= 15 is 0 Å². The molecule has 0 spiro atoms. The van der Waals surface area contributed by atoms with Crippen molar-refractivity contribution in [1.29, 1.82) is 0 Å². The summed E-state index contributed by atoms with van der Waals surface area (Å²) in [6.07, 6.45) is 1.12. The summed E-state index contributed by atoms with van der Waals surface area (Å²) in [5.74, 6) is 2.08. The molecule has 1 heterocycles. The molecule has 1 aromatic carbocycles. The maximum absolute atomic E-state index is 10.2. The molecule has 2 N–H and O–H groups in total. The van der Waals surface area contributed by atoms with Crippen LogP contribution in [0.5, 0.6) is 11.5 Å². The van der Waals surface area contributed by atoms with Crippen LogP contribution in [0.15, 0.2) is 23.2 Å². The Morgan fingerprint density at radius 1 is 1.40 bits per heavy atom. The van der Waals surface area contributed by atoms with E-state index in [0.717, 1.165) is 50.8 Å². The van der Waals surface area contributed by atoms with Gasteiger partial charge in [0.1, 0.15) is 0 Å². The number of phenols is 1. The van der Waals surface area contributed by atoms with Gasteiger partial charge in [-0.15, -0.1) is 24.0 Å². The predicted octanol–water partition coefficient (Wildman–Crippen LogP) is 2.84. The number of hydrogen-bond acceptors (Lipinski definition) is 4. The topological polar surface area (TPSA) is 66.3 Å². The zero-order valence-corrected chi connectivity index (χ0v) is 17.7. The summed E-state index contributed by atoms with van der Waals surface area (Å²) >= 11 is 0. The number of nitrogens with zero attached hydrogens (tertiary/aromatic N) is 2. The van der Waals surface area contributed by atoms with Crippen molar-refractivity contribution in [2.75, 3.05) is 40.0 Å². The molecule has 1 aromatic rings. The summed E-state index contributed by atoms with van der Waals surface area (Å²) in [5.41, 5.74) is 0.759. The normalized spacial score (nSPS) is 17.3. The van der Waals surface area contributed by atoms with Crippen LogP contribution in [0.4, 0.5) is 0 Å². The molecule has 1 fully saturated rings. The average molecular weight is 463 g/mol. The van der Waals surface area contributed by atoms with Crippen LogP contribution >= 0.6 is 24.0 Å². The van der Waals surface area contributed by atoms with Gasteiger partial charge in [0.05, 0.1) is 20.3 Å². The van der Waals surface area contributed by atoms with Crippen molar-refractivity contribution in [2.45, 2.75) is 26.8 Å². The van der Waals surface area contributed by atoms with Gasteiger partial charge in [0, 0.05) is 37.7 Å². The highest BCUT2D eigenvalue weighted by Crippen LogP contribution is 2.29. The molecule has 2 rings (SSSR count). The van der Waals surface area contributed by atoms with Crippen molar-refractivity contribution in [3.8, 4) is 11.5 Å². The zero-order valence-electron chi connectivity index (χ0n) is 15.3. The van der Waals surface area contributed by atoms with Gasteiger partial charge in [-0.3, -0.25) is 0 Å². The Kier molecular flexibility index (Phi) is 9.96. The molecule has 0 bridgehead atoms. The summed E-state index contributed by atoms with van der Waals surface area (Å²) in [7, 11) is 1.55. The summed E-state index contributed by atoms with van der Waals surface area (Å²) in [4.78, 5) is 6.96. The van der Waals surface area contributed by atoms with Gasteiger partial charge in [0.25, 0.3) is 0 Å². The fourth-order valence-corrected chi connectivity index (χ4v) is 2.89. The van der Waals surface area contributed by atoms with Crippen LogP contribution < -0.4 is 10.1 Å². The van der Waals surface area contributed by atoms with Crippen LogP contribution in [-0.2, 0) is 11.3 Å². The van der Waals surface area contributed by atoms with Gasteiger partial charge in [-0.05, 0) is 26.3 Å². The highest BCUT2D eigenvalue weighted by atomic mass is 127. The molecule has 7 heteroatoms. The van der Waals surface area contributed by atoms with Gasteiger partial charge >= 0.3 is 0 Å². The molecule has 1 aliphatic rings. The SMILES string of the molecule is CCNC(=NCc1cccc(OC)c1O)N1CCC(COCC)C1.I. The van der Waals surface area contributed by atoms with Gasteiger partial charge in [0.2, 0.25) is 0 Å². The summed E-state index contributed by atoms with van der Waals surface area (Å²) in [6.45, 7) is 8.82. The second-order valence-electron chi connectivity index (χ2n) is 5.90. The van der Waals surface area contributed by atoms with Crippen LogP contribution in [0.3, 0.4) is 0 Å². The fourth-order valence-electron chi connectivity index (χ4n) is 2.89. The maximum atomic E-state index is 10.2. The molecule has 0 aromatic heterocycles. The molecule has 0 aliphatic carbocycles. The third-order valence-electron chi connectivity index (χ3n) is 4.18. The molecule has 0 radical (unpaired) electrons. The third kappa shape index (κ3) is 6.22. The Morgan fingerprint density at radius 3 is 2.88 bits per heavy atom. The first-order valence-electron chi connectivity index (χ1n) is 8.65. The van der Waals surface area contributed by atoms with E-state index in [-0.39, 0.29) is 29.7 Å². The first-order valence-corrected chi connectivity index (χ1v) is 8.65. The minimum atomic E-state index is 0. The number of likely N-dealkylation sites (tertiary alicyclic amines) is 1. The molecule has 25 heavy (non-hydrogen) atoms. The van der Waals surface area contributed by atoms with Gasteiger partial charge in [-0.25, -0.2) is 4.99 Å². The lowest BCUT2D eigenvalue weighted by atomic mass is 10.1. The number of nitrogens with one attached hydrogen (secondary N) is 1. The van der Waals surface area contributed by atoms with Gasteiger partial charge < -0.3 is 24.8 Å². The summed E-state index contributed by atoms with van der Waals surface area (Å²) in [6, 6.07) is 5.48. The second kappa shape index (κ2) is 11.4. The number of guanidine groups is 1. The minimum absolute atomic E-state index is 0. The number of halogens is 1. The number of benzene rings is 1. The van der Waals surface area contributed by atoms with Crippen LogP contribution in [0.25, 0.3) is 0 Å². The van der Waals surface area contributed by atoms with E-state index in [1.54, 1.807) is 13.2 Å². The monoisotopic (exact) mass is 463 g/mol. The van der Waals surface area contributed by atoms with Crippen molar-refractivity contribution < 1.29 is 14.6 Å². The lowest BCUT2D eigenvalue weighted by molar-refractivity contribution is 0.114. The number of phenolic OH excluding ortho intramolecular Hbond substituents is 1. The molecule has 1 atom stereocenters. The number of aliphatic imine (C=N–C) groups is 1. The Bertz CT molecular complexity index is 554. The number of aromatic hydroxyl groups is 1. The lowest BCUT2D eigenvalue weighted by Gasteiger charge is -2.22. The first kappa shape index (κ1) is 21.8. The molecule has 142 valence electrons. The number of rotatable bonds is 7. The fraction of sp³-hybridized carbons (Fsp3) is 0.611. The number of ether oxygens (including phenoxy) is 2. The van der Waals surface area contributed by atoms with Crippen LogP contribution in [0.1, 0.15) is 25.8 Å². The molecule has 1 saturated heterocycles. The largest absolute Gasteiger partial charge is 0.504 e. The molecule has 0 saturated carbocycles. The Morgan fingerprint density at radius 2 is 2.20 bits per heavy atom. The third-order valence-corrected chi connectivity index (χ3v) is 4.18. The minimum Gasteiger partial charge on any atom is -0.504 e. The quantitative estimate of drug-likeness (QED) is 0.370. The Hall–Kier alpha value is -1.22. The van der Waals surface area contributed by atoms with Crippen molar-refractivity contribution >= 4 is 29.9 Å². The number of methoxy groups -OCH3 is 1. The van der Waals surface area contributed by atoms with E-state index in [2.05, 4.69) is 17.1 Å². The van der Waals surface area contributed by atoms with E-state index in [1.165, 1.54) is 0 Å². The lowest BCUT2D eigenvalue weighted by Crippen LogP contribution is -2.40. The summed E-state index contributed by atoms with van der Waals surface area (Å²) < 4.78 is 10.7. The average Bonchev–Trinajstić information content (AvgIpc) is 3.06. The highest BCUT2D eigenvalue weighted by molar-refractivity contribution is 14.0. The van der Waals surface area contributed by atoms with Crippen LogP contribution in [0.2, 0.25) is 0 Å². The Labute approximate surface area is 167 Å². The smallest absolute Gasteiger partial charge is 0.194 e. The molecule has 1 unspecified atom stereocenters. The van der Waals surface area contributed by atoms with Gasteiger partial charge in [-0.2, -0.15) is 0 Å². The van der Waals surface area contributed by atoms with Gasteiger partial charge in [-0.1, -0.05) is 12.1 Å². The molecular weight excluding hydrogens is 433 g/mol. The van der Waals surface area contributed by atoms with Gasteiger partial charge in [0.15, 0.2) is 17.5 Å². The maximum Gasteiger partial charge on any atom is 0.194 e. The van der Waals surface area contributed by atoms with E-state index in [4.69, 9.17) is 14.5 Å². The number of para-hydroxylation sites is 1. The Balaban J connectivity index is 0.00000312. The summed E-state index contributed by atoms with van der Waals surface area (Å²) in [5, 5.41) is 13.5. The second-order valence-corrected chi connectivity index (χ2v) is 5.90. The van der Waals surface area contributed by atoms with Crippen LogP contribution in [0, 0.1) is 5.92 Å². The van der Waals surface area contributed by atoms with E-state index < -0.39 is 0 Å². The van der Waals surface area contributed by atoms with Crippen molar-refractivity contribution in [3.63, 3.8) is 0 Å².